The number of likely N-dealkylation sites (N-methyl/N-ethyl adjacent to an activating group) is 1. The summed E-state index contributed by atoms with van der Waals surface area (Å²) < 4.78 is 5.70. The first-order valence-corrected chi connectivity index (χ1v) is 10.9. The van der Waals surface area contributed by atoms with Crippen LogP contribution in [-0.4, -0.2) is 55.2 Å². The van der Waals surface area contributed by atoms with Gasteiger partial charge in [0.1, 0.15) is 5.75 Å². The molecule has 3 aromatic carbocycles. The molecule has 0 saturated carbocycles. The predicted octanol–water partition coefficient (Wildman–Crippen LogP) is 4.80. The second-order valence-corrected chi connectivity index (χ2v) is 8.10. The zero-order valence-electron chi connectivity index (χ0n) is 18.5. The van der Waals surface area contributed by atoms with Crippen LogP contribution in [0.25, 0.3) is 22.0 Å². The van der Waals surface area contributed by atoms with Crippen molar-refractivity contribution in [2.75, 3.05) is 50.6 Å². The van der Waals surface area contributed by atoms with Crippen LogP contribution in [0.4, 0.5) is 17.3 Å². The minimum absolute atomic E-state index is 0.548. The third-order valence-electron chi connectivity index (χ3n) is 6.00. The van der Waals surface area contributed by atoms with Gasteiger partial charge in [0.2, 0.25) is 5.95 Å². The number of methoxy groups -OCH3 is 1. The van der Waals surface area contributed by atoms with E-state index < -0.39 is 0 Å². The van der Waals surface area contributed by atoms with E-state index in [4.69, 9.17) is 9.72 Å². The monoisotopic (exact) mass is 425 g/mol. The quantitative estimate of drug-likeness (QED) is 0.496. The van der Waals surface area contributed by atoms with Crippen molar-refractivity contribution >= 4 is 28.2 Å². The van der Waals surface area contributed by atoms with Gasteiger partial charge >= 0.3 is 0 Å². The number of aromatic nitrogens is 2. The molecule has 0 amide bonds. The lowest BCUT2D eigenvalue weighted by molar-refractivity contribution is 0.312. The topological polar surface area (TPSA) is 53.5 Å². The molecule has 0 atom stereocenters. The zero-order chi connectivity index (χ0) is 21.9. The molecular formula is C26H27N5O. The molecule has 6 nitrogen and oxygen atoms in total. The van der Waals surface area contributed by atoms with Gasteiger partial charge in [-0.25, -0.2) is 9.97 Å². The van der Waals surface area contributed by atoms with Crippen molar-refractivity contribution in [3.63, 3.8) is 0 Å². The van der Waals surface area contributed by atoms with Gasteiger partial charge in [0.15, 0.2) is 0 Å². The maximum atomic E-state index is 5.70. The maximum absolute atomic E-state index is 5.70. The van der Waals surface area contributed by atoms with Crippen molar-refractivity contribution in [3.8, 4) is 16.9 Å². The Hall–Kier alpha value is -3.64. The molecule has 1 aliphatic rings. The first kappa shape index (κ1) is 20.3. The van der Waals surface area contributed by atoms with Gasteiger partial charge in [0.05, 0.1) is 18.3 Å². The number of fused-ring (bicyclic) bond motifs is 1. The fourth-order valence-electron chi connectivity index (χ4n) is 4.13. The molecule has 4 aromatic rings. The van der Waals surface area contributed by atoms with Crippen LogP contribution in [-0.2, 0) is 0 Å². The minimum atomic E-state index is 0.548. The summed E-state index contributed by atoms with van der Waals surface area (Å²) >= 11 is 0. The maximum Gasteiger partial charge on any atom is 0.227 e. The lowest BCUT2D eigenvalue weighted by Gasteiger charge is -2.34. The summed E-state index contributed by atoms with van der Waals surface area (Å²) in [7, 11) is 3.86. The number of benzene rings is 3. The average molecular weight is 426 g/mol. The van der Waals surface area contributed by atoms with Gasteiger partial charge in [-0.2, -0.15) is 0 Å². The number of anilines is 3. The molecule has 0 bridgehead atoms. The SMILES string of the molecule is COc1cc(N2CCN(C)CC2)ccc1Nc1ncc2cccc(-c3ccccc3)c2n1. The Bertz CT molecular complexity index is 1220. The van der Waals surface area contributed by atoms with Crippen molar-refractivity contribution < 1.29 is 4.74 Å². The van der Waals surface area contributed by atoms with Crippen molar-refractivity contribution in [1.82, 2.24) is 14.9 Å². The Morgan fingerprint density at radius 3 is 2.50 bits per heavy atom. The van der Waals surface area contributed by atoms with Crippen LogP contribution in [0.1, 0.15) is 0 Å². The molecule has 2 heterocycles. The molecule has 0 aliphatic carbocycles. The number of hydrogen-bond acceptors (Lipinski definition) is 6. The Kier molecular flexibility index (Phi) is 5.60. The fourth-order valence-corrected chi connectivity index (χ4v) is 4.13. The van der Waals surface area contributed by atoms with Crippen LogP contribution in [0.2, 0.25) is 0 Å². The first-order chi connectivity index (χ1) is 15.7. The molecular weight excluding hydrogens is 398 g/mol. The van der Waals surface area contributed by atoms with E-state index in [9.17, 15) is 0 Å². The van der Waals surface area contributed by atoms with Crippen LogP contribution in [0.5, 0.6) is 5.75 Å². The van der Waals surface area contributed by atoms with Crippen LogP contribution in [0.3, 0.4) is 0 Å². The Morgan fingerprint density at radius 1 is 0.906 bits per heavy atom. The van der Waals surface area contributed by atoms with E-state index in [1.54, 1.807) is 7.11 Å². The summed E-state index contributed by atoms with van der Waals surface area (Å²) in [5, 5.41) is 4.37. The van der Waals surface area contributed by atoms with Crippen LogP contribution in [0, 0.1) is 0 Å². The average Bonchev–Trinajstić information content (AvgIpc) is 2.85. The van der Waals surface area contributed by atoms with Gasteiger partial charge in [0.25, 0.3) is 0 Å². The number of nitrogens with zero attached hydrogens (tertiary/aromatic N) is 4. The third kappa shape index (κ3) is 4.09. The number of nitrogens with one attached hydrogen (secondary N) is 1. The zero-order valence-corrected chi connectivity index (χ0v) is 18.5. The van der Waals surface area contributed by atoms with Gasteiger partial charge in [-0.05, 0) is 24.7 Å². The summed E-state index contributed by atoms with van der Waals surface area (Å²) in [6.45, 7) is 4.17. The van der Waals surface area contributed by atoms with E-state index in [0.29, 0.717) is 5.95 Å². The lowest BCUT2D eigenvalue weighted by atomic mass is 10.0. The summed E-state index contributed by atoms with van der Waals surface area (Å²) in [6.07, 6.45) is 1.86. The van der Waals surface area contributed by atoms with E-state index in [2.05, 4.69) is 57.5 Å². The highest BCUT2D eigenvalue weighted by Gasteiger charge is 2.16. The Balaban J connectivity index is 1.45. The van der Waals surface area contributed by atoms with E-state index in [-0.39, 0.29) is 0 Å². The highest BCUT2D eigenvalue weighted by atomic mass is 16.5. The van der Waals surface area contributed by atoms with E-state index in [0.717, 1.165) is 59.6 Å². The predicted molar refractivity (Wildman–Crippen MR) is 131 cm³/mol. The molecule has 6 heteroatoms. The minimum Gasteiger partial charge on any atom is -0.494 e. The largest absolute Gasteiger partial charge is 0.494 e. The van der Waals surface area contributed by atoms with Crippen LogP contribution >= 0.6 is 0 Å². The van der Waals surface area contributed by atoms with Crippen LogP contribution in [0.15, 0.2) is 72.9 Å². The molecule has 0 unspecified atom stereocenters. The highest BCUT2D eigenvalue weighted by molar-refractivity contribution is 5.93. The van der Waals surface area contributed by atoms with Gasteiger partial charge in [-0.3, -0.25) is 0 Å². The molecule has 5 rings (SSSR count). The third-order valence-corrected chi connectivity index (χ3v) is 6.00. The second-order valence-electron chi connectivity index (χ2n) is 8.10. The molecule has 1 aliphatic heterocycles. The van der Waals surface area contributed by atoms with Gasteiger partial charge < -0.3 is 19.9 Å². The van der Waals surface area contributed by atoms with Gasteiger partial charge in [-0.15, -0.1) is 0 Å². The van der Waals surface area contributed by atoms with Crippen molar-refractivity contribution in [1.29, 1.82) is 0 Å². The normalized spacial score (nSPS) is 14.5. The fraction of sp³-hybridized carbons (Fsp3) is 0.231. The second kappa shape index (κ2) is 8.85. The van der Waals surface area contributed by atoms with Gasteiger partial charge in [-0.1, -0.05) is 48.5 Å². The molecule has 0 spiro atoms. The summed E-state index contributed by atoms with van der Waals surface area (Å²) in [6, 6.07) is 22.8. The van der Waals surface area contributed by atoms with E-state index in [1.807, 2.05) is 42.6 Å². The van der Waals surface area contributed by atoms with Crippen LogP contribution < -0.4 is 15.0 Å². The summed E-state index contributed by atoms with van der Waals surface area (Å²) in [4.78, 5) is 14.1. The molecule has 1 fully saturated rings. The smallest absolute Gasteiger partial charge is 0.227 e. The molecule has 1 aromatic heterocycles. The van der Waals surface area contributed by atoms with Crippen molar-refractivity contribution in [2.45, 2.75) is 0 Å². The molecule has 1 N–H and O–H groups in total. The number of ether oxygens (including phenoxy) is 1. The number of para-hydroxylation sites is 1. The molecule has 0 radical (unpaired) electrons. The summed E-state index contributed by atoms with van der Waals surface area (Å²) in [5.41, 5.74) is 5.17. The summed E-state index contributed by atoms with van der Waals surface area (Å²) in [5.74, 6) is 1.33. The van der Waals surface area contributed by atoms with Crippen molar-refractivity contribution in [3.05, 3.63) is 72.9 Å². The Labute approximate surface area is 188 Å². The molecule has 32 heavy (non-hydrogen) atoms. The number of hydrogen-bond donors (Lipinski definition) is 1. The number of rotatable bonds is 5. The number of piperazine rings is 1. The standard InChI is InChI=1S/C26H27N5O/c1-30-13-15-31(16-14-30)21-11-12-23(24(17-21)32-2)28-26-27-18-20-9-6-10-22(25(20)29-26)19-7-4-3-5-8-19/h3-12,17-18H,13-16H2,1-2H3,(H,27,28,29). The first-order valence-electron chi connectivity index (χ1n) is 10.9. The Morgan fingerprint density at radius 2 is 1.72 bits per heavy atom. The highest BCUT2D eigenvalue weighted by Crippen LogP contribution is 2.33. The van der Waals surface area contributed by atoms with E-state index in [1.165, 1.54) is 5.69 Å². The lowest BCUT2D eigenvalue weighted by Crippen LogP contribution is -2.44. The molecule has 162 valence electrons. The van der Waals surface area contributed by atoms with E-state index >= 15 is 0 Å². The van der Waals surface area contributed by atoms with Gasteiger partial charge in [0, 0.05) is 55.1 Å². The molecule has 1 saturated heterocycles. The van der Waals surface area contributed by atoms with Crippen molar-refractivity contribution in [2.24, 2.45) is 0 Å².